The van der Waals surface area contributed by atoms with Crippen LogP contribution in [0.15, 0.2) is 24.3 Å². The number of amides is 1. The number of fused-ring (bicyclic) bond motifs is 2. The summed E-state index contributed by atoms with van der Waals surface area (Å²) in [4.78, 5) is 19.3. The van der Waals surface area contributed by atoms with Crippen molar-refractivity contribution in [3.63, 3.8) is 0 Å². The second-order valence-electron chi connectivity index (χ2n) is 7.99. The van der Waals surface area contributed by atoms with Gasteiger partial charge in [0.1, 0.15) is 17.3 Å². The predicted octanol–water partition coefficient (Wildman–Crippen LogP) is 2.88. The number of hydrogen-bond acceptors (Lipinski definition) is 4. The zero-order valence-corrected chi connectivity index (χ0v) is 16.0. The molecule has 2 unspecified atom stereocenters. The van der Waals surface area contributed by atoms with Gasteiger partial charge in [0.15, 0.2) is 0 Å². The van der Waals surface area contributed by atoms with Crippen molar-refractivity contribution in [2.45, 2.75) is 63.6 Å². The maximum absolute atomic E-state index is 14.3. The number of rotatable bonds is 4. The zero-order chi connectivity index (χ0) is 19.1. The molecule has 6 nitrogen and oxygen atoms in total. The van der Waals surface area contributed by atoms with Gasteiger partial charge in [0.05, 0.1) is 0 Å². The molecule has 2 aromatic rings. The highest BCUT2D eigenvalue weighted by Gasteiger charge is 2.37. The van der Waals surface area contributed by atoms with Crippen molar-refractivity contribution in [1.29, 1.82) is 0 Å². The van der Waals surface area contributed by atoms with Gasteiger partial charge < -0.3 is 10.2 Å². The lowest BCUT2D eigenvalue weighted by atomic mass is 9.98. The van der Waals surface area contributed by atoms with Crippen LogP contribution >= 0.6 is 0 Å². The second-order valence-corrected chi connectivity index (χ2v) is 7.99. The van der Waals surface area contributed by atoms with Crippen molar-refractivity contribution in [2.24, 2.45) is 0 Å². The quantitative estimate of drug-likeness (QED) is 0.898. The highest BCUT2D eigenvalue weighted by atomic mass is 19.1. The van der Waals surface area contributed by atoms with Gasteiger partial charge in [-0.25, -0.2) is 14.1 Å². The Balaban J connectivity index is 1.62. The Kier molecular flexibility index (Phi) is 4.72. The topological polar surface area (TPSA) is 63.1 Å². The SMILES string of the molecule is CC(C)c1nc(C(=O)N(C)C2CC3CCC(C2)N3)nn1-c1ccccc1F. The summed E-state index contributed by atoms with van der Waals surface area (Å²) in [5.41, 5.74) is 0.315. The Bertz CT molecular complexity index is 837. The largest absolute Gasteiger partial charge is 0.336 e. The van der Waals surface area contributed by atoms with E-state index < -0.39 is 0 Å². The first kappa shape index (κ1) is 18.1. The monoisotopic (exact) mass is 371 g/mol. The van der Waals surface area contributed by atoms with Crippen LogP contribution in [0, 0.1) is 5.82 Å². The molecule has 2 atom stereocenters. The van der Waals surface area contributed by atoms with Gasteiger partial charge in [-0.2, -0.15) is 0 Å². The molecule has 4 rings (SSSR count). The van der Waals surface area contributed by atoms with Gasteiger partial charge in [-0.15, -0.1) is 5.10 Å². The van der Waals surface area contributed by atoms with E-state index in [1.807, 2.05) is 20.9 Å². The number of carbonyl (C=O) groups excluding carboxylic acids is 1. The van der Waals surface area contributed by atoms with Crippen LogP contribution in [0.1, 0.15) is 61.9 Å². The molecule has 1 aromatic carbocycles. The van der Waals surface area contributed by atoms with E-state index >= 15 is 0 Å². The number of carbonyl (C=O) groups is 1. The molecule has 144 valence electrons. The Morgan fingerprint density at radius 2 is 1.93 bits per heavy atom. The summed E-state index contributed by atoms with van der Waals surface area (Å²) in [6, 6.07) is 7.62. The van der Waals surface area contributed by atoms with Crippen LogP contribution in [0.5, 0.6) is 0 Å². The van der Waals surface area contributed by atoms with Gasteiger partial charge in [-0.3, -0.25) is 4.79 Å². The van der Waals surface area contributed by atoms with Gasteiger partial charge in [0.25, 0.3) is 5.91 Å². The minimum Gasteiger partial charge on any atom is -0.336 e. The molecule has 1 N–H and O–H groups in total. The summed E-state index contributed by atoms with van der Waals surface area (Å²) < 4.78 is 15.7. The van der Waals surface area contributed by atoms with E-state index in [9.17, 15) is 9.18 Å². The van der Waals surface area contributed by atoms with E-state index in [1.165, 1.54) is 23.6 Å². The van der Waals surface area contributed by atoms with Crippen LogP contribution in [0.3, 0.4) is 0 Å². The third-order valence-corrected chi connectivity index (χ3v) is 5.74. The fraction of sp³-hybridized carbons (Fsp3) is 0.550. The van der Waals surface area contributed by atoms with Crippen molar-refractivity contribution < 1.29 is 9.18 Å². The summed E-state index contributed by atoms with van der Waals surface area (Å²) in [5.74, 6) is 0.154. The molecule has 0 spiro atoms. The average molecular weight is 371 g/mol. The Hall–Kier alpha value is -2.28. The van der Waals surface area contributed by atoms with Gasteiger partial charge >= 0.3 is 0 Å². The standard InChI is InChI=1S/C20H26FN5O/c1-12(2)19-23-18(24-26(19)17-7-5-4-6-16(17)21)20(27)25(3)15-10-13-8-9-14(11-15)22-13/h4-7,12-15,22H,8-11H2,1-3H3. The highest BCUT2D eigenvalue weighted by Crippen LogP contribution is 2.30. The highest BCUT2D eigenvalue weighted by molar-refractivity contribution is 5.90. The summed E-state index contributed by atoms with van der Waals surface area (Å²) in [6.45, 7) is 3.92. The van der Waals surface area contributed by atoms with E-state index in [0.717, 1.165) is 12.8 Å². The summed E-state index contributed by atoms with van der Waals surface area (Å²) in [6.07, 6.45) is 4.29. The molecular weight excluding hydrogens is 345 g/mol. The fourth-order valence-corrected chi connectivity index (χ4v) is 4.26. The van der Waals surface area contributed by atoms with Gasteiger partial charge in [-0.1, -0.05) is 26.0 Å². The maximum Gasteiger partial charge on any atom is 0.293 e. The maximum atomic E-state index is 14.3. The van der Waals surface area contributed by atoms with E-state index in [4.69, 9.17) is 0 Å². The molecule has 2 aliphatic heterocycles. The van der Waals surface area contributed by atoms with E-state index in [0.29, 0.717) is 23.6 Å². The lowest BCUT2D eigenvalue weighted by Gasteiger charge is -2.35. The second kappa shape index (κ2) is 7.03. The number of piperidine rings is 1. The molecule has 0 radical (unpaired) electrons. The fourth-order valence-electron chi connectivity index (χ4n) is 4.26. The number of nitrogens with zero attached hydrogens (tertiary/aromatic N) is 4. The number of aromatic nitrogens is 3. The number of hydrogen-bond donors (Lipinski definition) is 1. The molecular formula is C20H26FN5O. The van der Waals surface area contributed by atoms with Crippen molar-refractivity contribution in [2.75, 3.05) is 7.05 Å². The van der Waals surface area contributed by atoms with Crippen molar-refractivity contribution in [3.05, 3.63) is 41.7 Å². The van der Waals surface area contributed by atoms with Crippen molar-refractivity contribution in [1.82, 2.24) is 25.0 Å². The zero-order valence-electron chi connectivity index (χ0n) is 16.0. The lowest BCUT2D eigenvalue weighted by molar-refractivity contribution is 0.0669. The predicted molar refractivity (Wildman–Crippen MR) is 100 cm³/mol. The van der Waals surface area contributed by atoms with Crippen LogP contribution in [-0.4, -0.2) is 50.7 Å². The summed E-state index contributed by atoms with van der Waals surface area (Å²) in [5, 5.41) is 7.99. The number of benzene rings is 1. The van der Waals surface area contributed by atoms with Gasteiger partial charge in [0.2, 0.25) is 5.82 Å². The smallest absolute Gasteiger partial charge is 0.293 e. The molecule has 2 saturated heterocycles. The number of halogens is 1. The van der Waals surface area contributed by atoms with Crippen molar-refractivity contribution in [3.8, 4) is 5.69 Å². The third-order valence-electron chi connectivity index (χ3n) is 5.74. The Morgan fingerprint density at radius 3 is 2.56 bits per heavy atom. The van der Waals surface area contributed by atoms with E-state index in [2.05, 4.69) is 15.4 Å². The van der Waals surface area contributed by atoms with Crippen LogP contribution in [0.25, 0.3) is 5.69 Å². The van der Waals surface area contributed by atoms with Crippen LogP contribution < -0.4 is 5.32 Å². The first-order valence-electron chi connectivity index (χ1n) is 9.69. The third kappa shape index (κ3) is 3.36. The molecule has 2 fully saturated rings. The van der Waals surface area contributed by atoms with Gasteiger partial charge in [-0.05, 0) is 37.8 Å². The van der Waals surface area contributed by atoms with E-state index in [-0.39, 0.29) is 29.5 Å². The first-order valence-corrected chi connectivity index (χ1v) is 9.69. The molecule has 3 heterocycles. The van der Waals surface area contributed by atoms with Crippen LogP contribution in [0.2, 0.25) is 0 Å². The molecule has 0 saturated carbocycles. The average Bonchev–Trinajstić information content (AvgIpc) is 3.24. The van der Waals surface area contributed by atoms with Crippen LogP contribution in [-0.2, 0) is 0 Å². The summed E-state index contributed by atoms with van der Waals surface area (Å²) in [7, 11) is 1.83. The molecule has 2 bridgehead atoms. The normalized spacial score (nSPS) is 24.4. The molecule has 0 aliphatic carbocycles. The molecule has 1 aromatic heterocycles. The van der Waals surface area contributed by atoms with Gasteiger partial charge in [0, 0.05) is 31.1 Å². The first-order chi connectivity index (χ1) is 12.9. The Morgan fingerprint density at radius 1 is 1.26 bits per heavy atom. The summed E-state index contributed by atoms with van der Waals surface area (Å²) >= 11 is 0. The number of para-hydroxylation sites is 1. The minimum atomic E-state index is -0.383. The van der Waals surface area contributed by atoms with E-state index in [1.54, 1.807) is 23.1 Å². The lowest BCUT2D eigenvalue weighted by Crippen LogP contribution is -2.48. The molecule has 27 heavy (non-hydrogen) atoms. The molecule has 1 amide bonds. The van der Waals surface area contributed by atoms with Crippen molar-refractivity contribution >= 4 is 5.91 Å². The van der Waals surface area contributed by atoms with Crippen LogP contribution in [0.4, 0.5) is 4.39 Å². The minimum absolute atomic E-state index is 0.0127. The number of nitrogens with one attached hydrogen (secondary N) is 1. The molecule has 7 heteroatoms. The molecule has 2 aliphatic rings. The Labute approximate surface area is 158 Å².